The lowest BCUT2D eigenvalue weighted by atomic mass is 10.1. The zero-order valence-electron chi connectivity index (χ0n) is 14.0. The molecule has 2 rings (SSSR count). The first-order valence-corrected chi connectivity index (χ1v) is 9.65. The molecule has 1 aliphatic heterocycles. The molecule has 1 aliphatic rings. The third-order valence-electron chi connectivity index (χ3n) is 3.84. The molecule has 1 saturated heterocycles. The lowest BCUT2D eigenvalue weighted by molar-refractivity contribution is -0.125. The number of amides is 2. The van der Waals surface area contributed by atoms with Gasteiger partial charge >= 0.3 is 0 Å². The van der Waals surface area contributed by atoms with Crippen LogP contribution in [-0.4, -0.2) is 56.1 Å². The second-order valence-electron chi connectivity index (χ2n) is 6.43. The lowest BCUT2D eigenvalue weighted by Crippen LogP contribution is -2.47. The van der Waals surface area contributed by atoms with E-state index in [1.165, 1.54) is 29.2 Å². The molecular formula is C16H23N3O4S. The zero-order valence-corrected chi connectivity index (χ0v) is 14.8. The minimum Gasteiger partial charge on any atom is -0.352 e. The van der Waals surface area contributed by atoms with Gasteiger partial charge in [-0.1, -0.05) is 6.07 Å². The smallest absolute Gasteiger partial charge is 0.254 e. The molecule has 2 amide bonds. The van der Waals surface area contributed by atoms with E-state index in [2.05, 4.69) is 5.32 Å². The first-order chi connectivity index (χ1) is 11.1. The van der Waals surface area contributed by atoms with Gasteiger partial charge in [-0.3, -0.25) is 9.59 Å². The predicted molar refractivity (Wildman–Crippen MR) is 90.2 cm³/mol. The van der Waals surface area contributed by atoms with Crippen LogP contribution in [0.2, 0.25) is 0 Å². The van der Waals surface area contributed by atoms with Gasteiger partial charge in [-0.15, -0.1) is 0 Å². The SMILES string of the molecule is CC(C)NC(=O)[C@@H]1C[C@@H](N)CN1C(=O)c1cccc(S(C)(=O)=O)c1. The number of nitrogens with zero attached hydrogens (tertiary/aromatic N) is 1. The summed E-state index contributed by atoms with van der Waals surface area (Å²) in [6, 6.07) is 4.86. The van der Waals surface area contributed by atoms with Crippen molar-refractivity contribution in [3.63, 3.8) is 0 Å². The number of carbonyl (C=O) groups is 2. The minimum atomic E-state index is -3.41. The number of hydrogen-bond donors (Lipinski definition) is 2. The Morgan fingerprint density at radius 2 is 2.00 bits per heavy atom. The van der Waals surface area contributed by atoms with Gasteiger partial charge in [0.2, 0.25) is 5.91 Å². The summed E-state index contributed by atoms with van der Waals surface area (Å²) in [5.41, 5.74) is 6.16. The molecule has 1 fully saturated rings. The quantitative estimate of drug-likeness (QED) is 0.801. The largest absolute Gasteiger partial charge is 0.352 e. The third kappa shape index (κ3) is 4.12. The Morgan fingerprint density at radius 1 is 1.33 bits per heavy atom. The maximum absolute atomic E-state index is 12.8. The van der Waals surface area contributed by atoms with Gasteiger partial charge in [0.15, 0.2) is 9.84 Å². The van der Waals surface area contributed by atoms with Gasteiger partial charge in [0.05, 0.1) is 4.90 Å². The maximum Gasteiger partial charge on any atom is 0.254 e. The number of likely N-dealkylation sites (tertiary alicyclic amines) is 1. The monoisotopic (exact) mass is 353 g/mol. The Balaban J connectivity index is 2.28. The van der Waals surface area contributed by atoms with Crippen LogP contribution in [0.15, 0.2) is 29.2 Å². The zero-order chi connectivity index (χ0) is 18.1. The van der Waals surface area contributed by atoms with Crippen LogP contribution in [0.3, 0.4) is 0 Å². The Hall–Kier alpha value is -1.93. The molecule has 0 bridgehead atoms. The second-order valence-corrected chi connectivity index (χ2v) is 8.45. The summed E-state index contributed by atoms with van der Waals surface area (Å²) in [6.07, 6.45) is 1.47. The van der Waals surface area contributed by atoms with E-state index in [4.69, 9.17) is 5.73 Å². The van der Waals surface area contributed by atoms with Gasteiger partial charge in [-0.25, -0.2) is 8.42 Å². The molecule has 0 saturated carbocycles. The Bertz CT molecular complexity index is 745. The number of nitrogens with one attached hydrogen (secondary N) is 1. The minimum absolute atomic E-state index is 0.0418. The molecule has 0 aliphatic carbocycles. The lowest BCUT2D eigenvalue weighted by Gasteiger charge is -2.25. The molecule has 1 aromatic carbocycles. The second kappa shape index (κ2) is 6.90. The number of nitrogens with two attached hydrogens (primary N) is 1. The van der Waals surface area contributed by atoms with E-state index in [9.17, 15) is 18.0 Å². The molecule has 7 nitrogen and oxygen atoms in total. The van der Waals surface area contributed by atoms with Crippen molar-refractivity contribution >= 4 is 21.7 Å². The van der Waals surface area contributed by atoms with Crippen LogP contribution in [0, 0.1) is 0 Å². The average molecular weight is 353 g/mol. The van der Waals surface area contributed by atoms with Crippen LogP contribution < -0.4 is 11.1 Å². The van der Waals surface area contributed by atoms with Crippen LogP contribution in [0.25, 0.3) is 0 Å². The molecule has 1 aromatic rings. The van der Waals surface area contributed by atoms with E-state index >= 15 is 0 Å². The molecule has 0 unspecified atom stereocenters. The normalized spacial score (nSPS) is 21.1. The van der Waals surface area contributed by atoms with E-state index in [-0.39, 0.29) is 35.0 Å². The van der Waals surface area contributed by atoms with Gasteiger partial charge in [0.1, 0.15) is 6.04 Å². The molecule has 0 radical (unpaired) electrons. The summed E-state index contributed by atoms with van der Waals surface area (Å²) in [4.78, 5) is 26.6. The summed E-state index contributed by atoms with van der Waals surface area (Å²) in [5.74, 6) is -0.636. The van der Waals surface area contributed by atoms with Crippen molar-refractivity contribution < 1.29 is 18.0 Å². The van der Waals surface area contributed by atoms with Crippen LogP contribution in [-0.2, 0) is 14.6 Å². The first kappa shape index (κ1) is 18.4. The number of benzene rings is 1. The van der Waals surface area contributed by atoms with Crippen LogP contribution in [0.5, 0.6) is 0 Å². The molecule has 2 atom stereocenters. The van der Waals surface area contributed by atoms with Crippen molar-refractivity contribution in [2.75, 3.05) is 12.8 Å². The van der Waals surface area contributed by atoms with Crippen molar-refractivity contribution in [1.29, 1.82) is 0 Å². The molecule has 3 N–H and O–H groups in total. The number of hydrogen-bond acceptors (Lipinski definition) is 5. The third-order valence-corrected chi connectivity index (χ3v) is 4.95. The summed E-state index contributed by atoms with van der Waals surface area (Å²) in [6.45, 7) is 3.95. The van der Waals surface area contributed by atoms with Gasteiger partial charge in [-0.2, -0.15) is 0 Å². The number of carbonyl (C=O) groups excluding carboxylic acids is 2. The van der Waals surface area contributed by atoms with E-state index in [0.29, 0.717) is 6.42 Å². The van der Waals surface area contributed by atoms with Crippen molar-refractivity contribution in [3.05, 3.63) is 29.8 Å². The fourth-order valence-corrected chi connectivity index (χ4v) is 3.41. The highest BCUT2D eigenvalue weighted by atomic mass is 32.2. The summed E-state index contributed by atoms with van der Waals surface area (Å²) >= 11 is 0. The Kier molecular flexibility index (Phi) is 5.29. The highest BCUT2D eigenvalue weighted by molar-refractivity contribution is 7.90. The van der Waals surface area contributed by atoms with Gasteiger partial charge in [-0.05, 0) is 38.5 Å². The van der Waals surface area contributed by atoms with Crippen molar-refractivity contribution in [2.45, 2.75) is 43.3 Å². The summed E-state index contributed by atoms with van der Waals surface area (Å²) in [5, 5.41) is 2.79. The Morgan fingerprint density at radius 3 is 2.58 bits per heavy atom. The number of sulfone groups is 1. The van der Waals surface area contributed by atoms with Crippen LogP contribution in [0.4, 0.5) is 0 Å². The maximum atomic E-state index is 12.8. The van der Waals surface area contributed by atoms with Crippen LogP contribution in [0.1, 0.15) is 30.6 Å². The Labute approximate surface area is 142 Å². The van der Waals surface area contributed by atoms with Crippen molar-refractivity contribution in [3.8, 4) is 0 Å². The topological polar surface area (TPSA) is 110 Å². The van der Waals surface area contributed by atoms with E-state index in [0.717, 1.165) is 6.26 Å². The van der Waals surface area contributed by atoms with Crippen molar-refractivity contribution in [2.24, 2.45) is 5.73 Å². The van der Waals surface area contributed by atoms with E-state index in [1.807, 2.05) is 13.8 Å². The van der Waals surface area contributed by atoms with Gasteiger partial charge in [0.25, 0.3) is 5.91 Å². The van der Waals surface area contributed by atoms with Crippen molar-refractivity contribution in [1.82, 2.24) is 10.2 Å². The molecule has 24 heavy (non-hydrogen) atoms. The molecule has 1 heterocycles. The molecule has 0 spiro atoms. The average Bonchev–Trinajstić information content (AvgIpc) is 2.87. The molecule has 132 valence electrons. The summed E-state index contributed by atoms with van der Waals surface area (Å²) < 4.78 is 23.3. The van der Waals surface area contributed by atoms with Gasteiger partial charge < -0.3 is 16.0 Å². The standard InChI is InChI=1S/C16H23N3O4S/c1-10(2)18-15(20)14-8-12(17)9-19(14)16(21)11-5-4-6-13(7-11)24(3,22)23/h4-7,10,12,14H,8-9,17H2,1-3H3,(H,18,20)/t12-,14+/m1/s1. The van der Waals surface area contributed by atoms with Crippen LogP contribution >= 0.6 is 0 Å². The fourth-order valence-electron chi connectivity index (χ4n) is 2.75. The molecule has 0 aromatic heterocycles. The first-order valence-electron chi connectivity index (χ1n) is 7.76. The highest BCUT2D eigenvalue weighted by Gasteiger charge is 2.38. The van der Waals surface area contributed by atoms with E-state index in [1.54, 1.807) is 0 Å². The number of rotatable bonds is 4. The predicted octanol–water partition coefficient (Wildman–Crippen LogP) is 0.157. The van der Waals surface area contributed by atoms with E-state index < -0.39 is 21.8 Å². The fraction of sp³-hybridized carbons (Fsp3) is 0.500. The molecule has 8 heteroatoms. The van der Waals surface area contributed by atoms with Gasteiger partial charge in [0, 0.05) is 30.4 Å². The molecular weight excluding hydrogens is 330 g/mol. The highest BCUT2D eigenvalue weighted by Crippen LogP contribution is 2.21. The summed E-state index contributed by atoms with van der Waals surface area (Å²) in [7, 11) is -3.41.